The number of halogens is 1. The highest BCUT2D eigenvalue weighted by Crippen LogP contribution is 2.18. The first-order valence-electron chi connectivity index (χ1n) is 10.8. The summed E-state index contributed by atoms with van der Waals surface area (Å²) in [5.74, 6) is -0.225. The molecule has 0 radical (unpaired) electrons. The number of amides is 2. The Kier molecular flexibility index (Phi) is 8.46. The van der Waals surface area contributed by atoms with Crippen molar-refractivity contribution in [2.45, 2.75) is 38.8 Å². The summed E-state index contributed by atoms with van der Waals surface area (Å²) in [6.07, 6.45) is 1.41. The average molecular weight is 449 g/mol. The van der Waals surface area contributed by atoms with Gasteiger partial charge in [-0.1, -0.05) is 83.9 Å². The number of aryl methyl sites for hydroxylation is 2. The molecule has 0 aliphatic rings. The molecule has 1 N–H and O–H groups in total. The van der Waals surface area contributed by atoms with Gasteiger partial charge in [-0.15, -0.1) is 0 Å². The van der Waals surface area contributed by atoms with Crippen LogP contribution in [0.3, 0.4) is 0 Å². The van der Waals surface area contributed by atoms with Crippen LogP contribution in [0, 0.1) is 6.92 Å². The van der Waals surface area contributed by atoms with Crippen LogP contribution in [0.15, 0.2) is 78.9 Å². The van der Waals surface area contributed by atoms with Crippen molar-refractivity contribution in [1.82, 2.24) is 10.2 Å². The summed E-state index contributed by atoms with van der Waals surface area (Å²) in [5.41, 5.74) is 4.23. The third kappa shape index (κ3) is 6.69. The second-order valence-electron chi connectivity index (χ2n) is 7.95. The first kappa shape index (κ1) is 23.6. The highest BCUT2D eigenvalue weighted by atomic mass is 35.5. The molecule has 3 aromatic carbocycles. The predicted octanol–water partition coefficient (Wildman–Crippen LogP) is 4.97. The van der Waals surface area contributed by atoms with Crippen molar-refractivity contribution < 1.29 is 9.59 Å². The Morgan fingerprint density at radius 1 is 0.875 bits per heavy atom. The molecule has 0 heterocycles. The SMILES string of the molecule is CNC(=O)C(Cc1ccccc1)N(Cc1ccc(Cl)cc1)C(=O)CCc1ccc(C)cc1. The van der Waals surface area contributed by atoms with E-state index >= 15 is 0 Å². The molecule has 5 heteroatoms. The number of likely N-dealkylation sites (N-methyl/N-ethyl adjacent to an activating group) is 1. The molecule has 3 aromatic rings. The maximum Gasteiger partial charge on any atom is 0.242 e. The van der Waals surface area contributed by atoms with Crippen LogP contribution in [-0.2, 0) is 29.0 Å². The molecule has 0 spiro atoms. The average Bonchev–Trinajstić information content (AvgIpc) is 2.82. The highest BCUT2D eigenvalue weighted by Gasteiger charge is 2.29. The van der Waals surface area contributed by atoms with Crippen molar-refractivity contribution in [3.63, 3.8) is 0 Å². The van der Waals surface area contributed by atoms with Gasteiger partial charge in [-0.05, 0) is 42.2 Å². The van der Waals surface area contributed by atoms with E-state index in [1.165, 1.54) is 5.56 Å². The topological polar surface area (TPSA) is 49.4 Å². The van der Waals surface area contributed by atoms with E-state index in [0.717, 1.165) is 16.7 Å². The normalized spacial score (nSPS) is 11.6. The summed E-state index contributed by atoms with van der Waals surface area (Å²) in [7, 11) is 1.61. The molecule has 32 heavy (non-hydrogen) atoms. The summed E-state index contributed by atoms with van der Waals surface area (Å²) in [4.78, 5) is 28.0. The lowest BCUT2D eigenvalue weighted by molar-refractivity contribution is -0.141. The Labute approximate surface area is 195 Å². The fourth-order valence-corrected chi connectivity index (χ4v) is 3.78. The van der Waals surface area contributed by atoms with Gasteiger partial charge in [-0.25, -0.2) is 0 Å². The number of benzene rings is 3. The summed E-state index contributed by atoms with van der Waals surface area (Å²) in [5, 5.41) is 3.38. The quantitative estimate of drug-likeness (QED) is 0.502. The van der Waals surface area contributed by atoms with Gasteiger partial charge in [-0.2, -0.15) is 0 Å². The molecule has 0 aliphatic heterocycles. The molecule has 0 saturated heterocycles. The molecule has 3 rings (SSSR count). The second-order valence-corrected chi connectivity index (χ2v) is 8.39. The lowest BCUT2D eigenvalue weighted by atomic mass is 10.0. The first-order chi connectivity index (χ1) is 15.5. The maximum absolute atomic E-state index is 13.4. The number of hydrogen-bond acceptors (Lipinski definition) is 2. The Hall–Kier alpha value is -3.11. The summed E-state index contributed by atoms with van der Waals surface area (Å²) in [6.45, 7) is 2.38. The number of rotatable bonds is 9. The summed E-state index contributed by atoms with van der Waals surface area (Å²) < 4.78 is 0. The van der Waals surface area contributed by atoms with Crippen molar-refractivity contribution in [3.8, 4) is 0 Å². The molecule has 0 aromatic heterocycles. The fraction of sp³-hybridized carbons (Fsp3) is 0.259. The number of carbonyl (C=O) groups excluding carboxylic acids is 2. The summed E-state index contributed by atoms with van der Waals surface area (Å²) in [6, 6.07) is 24.8. The van der Waals surface area contributed by atoms with Crippen molar-refractivity contribution in [2.24, 2.45) is 0 Å². The maximum atomic E-state index is 13.4. The monoisotopic (exact) mass is 448 g/mol. The van der Waals surface area contributed by atoms with E-state index in [9.17, 15) is 9.59 Å². The van der Waals surface area contributed by atoms with Crippen LogP contribution in [0.1, 0.15) is 28.7 Å². The molecular formula is C27H29ClN2O2. The Morgan fingerprint density at radius 2 is 1.50 bits per heavy atom. The van der Waals surface area contributed by atoms with E-state index in [4.69, 9.17) is 11.6 Å². The van der Waals surface area contributed by atoms with Gasteiger partial charge in [-0.3, -0.25) is 9.59 Å². The number of nitrogens with zero attached hydrogens (tertiary/aromatic N) is 1. The van der Waals surface area contributed by atoms with E-state index < -0.39 is 6.04 Å². The molecule has 0 aliphatic carbocycles. The first-order valence-corrected chi connectivity index (χ1v) is 11.2. The van der Waals surface area contributed by atoms with Crippen LogP contribution in [-0.4, -0.2) is 29.8 Å². The van der Waals surface area contributed by atoms with Crippen LogP contribution in [0.5, 0.6) is 0 Å². The van der Waals surface area contributed by atoms with Gasteiger partial charge < -0.3 is 10.2 Å². The number of nitrogens with one attached hydrogen (secondary N) is 1. The molecule has 166 valence electrons. The third-order valence-electron chi connectivity index (χ3n) is 5.53. The predicted molar refractivity (Wildman–Crippen MR) is 130 cm³/mol. The van der Waals surface area contributed by atoms with Crippen molar-refractivity contribution in [3.05, 3.63) is 106 Å². The molecule has 4 nitrogen and oxygen atoms in total. The third-order valence-corrected chi connectivity index (χ3v) is 5.78. The number of carbonyl (C=O) groups is 2. The molecular weight excluding hydrogens is 420 g/mol. The van der Waals surface area contributed by atoms with E-state index in [1.54, 1.807) is 24.1 Å². The zero-order valence-corrected chi connectivity index (χ0v) is 19.3. The second kappa shape index (κ2) is 11.5. The van der Waals surface area contributed by atoms with Crippen molar-refractivity contribution in [1.29, 1.82) is 0 Å². The standard InChI is InChI=1S/C27H29ClN2O2/c1-20-8-10-21(11-9-20)14-17-26(31)30(19-23-12-15-24(28)16-13-23)25(27(32)29-2)18-22-6-4-3-5-7-22/h3-13,15-16,25H,14,17-19H2,1-2H3,(H,29,32). The Bertz CT molecular complexity index is 1020. The van der Waals surface area contributed by atoms with Crippen LogP contribution in [0.25, 0.3) is 0 Å². The van der Waals surface area contributed by atoms with E-state index in [1.807, 2.05) is 73.7 Å². The van der Waals surface area contributed by atoms with Gasteiger partial charge in [0, 0.05) is 31.5 Å². The molecule has 0 fully saturated rings. The Balaban J connectivity index is 1.85. The fourth-order valence-electron chi connectivity index (χ4n) is 3.66. The molecule has 0 bridgehead atoms. The van der Waals surface area contributed by atoms with E-state index in [2.05, 4.69) is 5.32 Å². The molecule has 2 amide bonds. The minimum absolute atomic E-state index is 0.0509. The molecule has 1 unspecified atom stereocenters. The lowest BCUT2D eigenvalue weighted by Crippen LogP contribution is -2.49. The minimum Gasteiger partial charge on any atom is -0.357 e. The van der Waals surface area contributed by atoms with E-state index in [0.29, 0.717) is 30.8 Å². The van der Waals surface area contributed by atoms with Gasteiger partial charge >= 0.3 is 0 Å². The van der Waals surface area contributed by atoms with Crippen LogP contribution in [0.4, 0.5) is 0 Å². The molecule has 1 atom stereocenters. The van der Waals surface area contributed by atoms with Crippen LogP contribution < -0.4 is 5.32 Å². The zero-order valence-electron chi connectivity index (χ0n) is 18.6. The lowest BCUT2D eigenvalue weighted by Gasteiger charge is -2.31. The number of hydrogen-bond donors (Lipinski definition) is 1. The summed E-state index contributed by atoms with van der Waals surface area (Å²) >= 11 is 6.04. The van der Waals surface area contributed by atoms with Gasteiger partial charge in [0.05, 0.1) is 0 Å². The zero-order chi connectivity index (χ0) is 22.9. The van der Waals surface area contributed by atoms with Crippen molar-refractivity contribution in [2.75, 3.05) is 7.05 Å². The van der Waals surface area contributed by atoms with Gasteiger partial charge in [0.2, 0.25) is 11.8 Å². The van der Waals surface area contributed by atoms with Gasteiger partial charge in [0.25, 0.3) is 0 Å². The van der Waals surface area contributed by atoms with Crippen molar-refractivity contribution >= 4 is 23.4 Å². The van der Waals surface area contributed by atoms with Crippen LogP contribution in [0.2, 0.25) is 5.02 Å². The largest absolute Gasteiger partial charge is 0.357 e. The van der Waals surface area contributed by atoms with Gasteiger partial charge in [0.15, 0.2) is 0 Å². The minimum atomic E-state index is -0.608. The molecule has 0 saturated carbocycles. The smallest absolute Gasteiger partial charge is 0.242 e. The highest BCUT2D eigenvalue weighted by molar-refractivity contribution is 6.30. The van der Waals surface area contributed by atoms with Crippen LogP contribution >= 0.6 is 11.6 Å². The van der Waals surface area contributed by atoms with Gasteiger partial charge in [0.1, 0.15) is 6.04 Å². The van der Waals surface area contributed by atoms with E-state index in [-0.39, 0.29) is 11.8 Å². The Morgan fingerprint density at radius 3 is 2.12 bits per heavy atom.